The van der Waals surface area contributed by atoms with Gasteiger partial charge in [0.1, 0.15) is 6.61 Å². The first-order valence-corrected chi connectivity index (χ1v) is 7.80. The SMILES string of the molecule is N#Cc1ccc(COC(=O)c2cc(Cl)c3c(c2)OCCCO3)cc1. The molecule has 0 bridgehead atoms. The first-order valence-electron chi connectivity index (χ1n) is 7.42. The fourth-order valence-corrected chi connectivity index (χ4v) is 2.52. The predicted octanol–water partition coefficient (Wildman–Crippen LogP) is 3.73. The lowest BCUT2D eigenvalue weighted by molar-refractivity contribution is 0.0472. The average molecular weight is 344 g/mol. The molecule has 3 rings (SSSR count). The number of benzene rings is 2. The molecule has 0 fully saturated rings. The number of rotatable bonds is 3. The Hall–Kier alpha value is -2.71. The lowest BCUT2D eigenvalue weighted by Crippen LogP contribution is -2.06. The Morgan fingerprint density at radius 2 is 1.96 bits per heavy atom. The van der Waals surface area contributed by atoms with E-state index in [2.05, 4.69) is 0 Å². The van der Waals surface area contributed by atoms with Gasteiger partial charge in [0, 0.05) is 6.42 Å². The lowest BCUT2D eigenvalue weighted by Gasteiger charge is -2.11. The van der Waals surface area contributed by atoms with E-state index in [1.165, 1.54) is 6.07 Å². The monoisotopic (exact) mass is 343 g/mol. The van der Waals surface area contributed by atoms with Crippen molar-refractivity contribution in [3.8, 4) is 17.6 Å². The molecule has 0 saturated carbocycles. The highest BCUT2D eigenvalue weighted by Gasteiger charge is 2.19. The summed E-state index contributed by atoms with van der Waals surface area (Å²) in [4.78, 5) is 12.2. The highest BCUT2D eigenvalue weighted by atomic mass is 35.5. The van der Waals surface area contributed by atoms with Crippen molar-refractivity contribution in [3.63, 3.8) is 0 Å². The molecule has 0 spiro atoms. The van der Waals surface area contributed by atoms with Gasteiger partial charge in [0.05, 0.1) is 35.4 Å². The average Bonchev–Trinajstić information content (AvgIpc) is 2.86. The zero-order valence-electron chi connectivity index (χ0n) is 12.8. The Labute approximate surface area is 144 Å². The number of nitriles is 1. The number of halogens is 1. The maximum Gasteiger partial charge on any atom is 0.338 e. The van der Waals surface area contributed by atoms with Gasteiger partial charge in [-0.05, 0) is 29.8 Å². The first-order chi connectivity index (χ1) is 11.7. The third-order valence-corrected chi connectivity index (χ3v) is 3.77. The molecule has 122 valence electrons. The molecule has 6 heteroatoms. The van der Waals surface area contributed by atoms with E-state index in [4.69, 9.17) is 31.1 Å². The largest absolute Gasteiger partial charge is 0.489 e. The van der Waals surface area contributed by atoms with Crippen molar-refractivity contribution < 1.29 is 19.0 Å². The normalized spacial score (nSPS) is 12.8. The minimum absolute atomic E-state index is 0.108. The van der Waals surface area contributed by atoms with Crippen LogP contribution in [0.1, 0.15) is 27.9 Å². The van der Waals surface area contributed by atoms with Gasteiger partial charge in [-0.1, -0.05) is 23.7 Å². The van der Waals surface area contributed by atoms with Gasteiger partial charge in [0.25, 0.3) is 0 Å². The zero-order chi connectivity index (χ0) is 16.9. The van der Waals surface area contributed by atoms with Crippen LogP contribution < -0.4 is 9.47 Å². The molecule has 2 aromatic carbocycles. The summed E-state index contributed by atoms with van der Waals surface area (Å²) in [5.74, 6) is 0.403. The van der Waals surface area contributed by atoms with E-state index in [-0.39, 0.29) is 6.61 Å². The third kappa shape index (κ3) is 3.61. The number of fused-ring (bicyclic) bond motifs is 1. The van der Waals surface area contributed by atoms with Gasteiger partial charge in [-0.3, -0.25) is 0 Å². The van der Waals surface area contributed by atoms with Crippen molar-refractivity contribution in [2.45, 2.75) is 13.0 Å². The van der Waals surface area contributed by atoms with E-state index in [9.17, 15) is 4.79 Å². The second-order valence-electron chi connectivity index (χ2n) is 5.22. The van der Waals surface area contributed by atoms with Crippen LogP contribution >= 0.6 is 11.6 Å². The summed E-state index contributed by atoms with van der Waals surface area (Å²) in [6.07, 6.45) is 0.753. The second-order valence-corrected chi connectivity index (χ2v) is 5.63. The van der Waals surface area contributed by atoms with Crippen LogP contribution in [0, 0.1) is 11.3 Å². The molecule has 0 unspecified atom stereocenters. The predicted molar refractivity (Wildman–Crippen MR) is 87.3 cm³/mol. The summed E-state index contributed by atoms with van der Waals surface area (Å²) >= 11 is 6.17. The summed E-state index contributed by atoms with van der Waals surface area (Å²) in [5.41, 5.74) is 1.65. The second kappa shape index (κ2) is 7.24. The molecule has 24 heavy (non-hydrogen) atoms. The van der Waals surface area contributed by atoms with Crippen LogP contribution in [0.2, 0.25) is 5.02 Å². The Bertz CT molecular complexity index is 796. The van der Waals surface area contributed by atoms with E-state index < -0.39 is 5.97 Å². The van der Waals surface area contributed by atoms with Crippen molar-refractivity contribution in [1.82, 2.24) is 0 Å². The van der Waals surface area contributed by atoms with Crippen LogP contribution in [0.4, 0.5) is 0 Å². The summed E-state index contributed by atoms with van der Waals surface area (Å²) in [6.45, 7) is 1.14. The molecule has 1 aliphatic heterocycles. The molecular formula is C18H14ClNO4. The van der Waals surface area contributed by atoms with Crippen molar-refractivity contribution >= 4 is 17.6 Å². The highest BCUT2D eigenvalue weighted by Crippen LogP contribution is 2.38. The van der Waals surface area contributed by atoms with E-state index in [1.54, 1.807) is 30.3 Å². The van der Waals surface area contributed by atoms with E-state index in [1.807, 2.05) is 6.07 Å². The van der Waals surface area contributed by atoms with Crippen molar-refractivity contribution in [2.75, 3.05) is 13.2 Å². The molecule has 0 aromatic heterocycles. The van der Waals surface area contributed by atoms with E-state index in [0.29, 0.717) is 40.9 Å². The van der Waals surface area contributed by atoms with Gasteiger partial charge < -0.3 is 14.2 Å². The minimum Gasteiger partial charge on any atom is -0.489 e. The summed E-state index contributed by atoms with van der Waals surface area (Å²) in [7, 11) is 0. The van der Waals surface area contributed by atoms with Gasteiger partial charge in [0.15, 0.2) is 11.5 Å². The highest BCUT2D eigenvalue weighted by molar-refractivity contribution is 6.32. The summed E-state index contributed by atoms with van der Waals surface area (Å²) in [6, 6.07) is 12.0. The number of carbonyl (C=O) groups excluding carboxylic acids is 1. The third-order valence-electron chi connectivity index (χ3n) is 3.49. The molecule has 0 N–H and O–H groups in total. The van der Waals surface area contributed by atoms with Crippen LogP contribution in [-0.4, -0.2) is 19.2 Å². The van der Waals surface area contributed by atoms with Crippen LogP contribution in [0.5, 0.6) is 11.5 Å². The van der Waals surface area contributed by atoms with E-state index >= 15 is 0 Å². The molecule has 1 aliphatic rings. The number of hydrogen-bond donors (Lipinski definition) is 0. The number of nitrogens with zero attached hydrogens (tertiary/aromatic N) is 1. The Balaban J connectivity index is 1.71. The molecule has 0 atom stereocenters. The van der Waals surface area contributed by atoms with Crippen LogP contribution in [-0.2, 0) is 11.3 Å². The van der Waals surface area contributed by atoms with Crippen LogP contribution in [0.25, 0.3) is 0 Å². The molecule has 0 amide bonds. The lowest BCUT2D eigenvalue weighted by atomic mass is 10.1. The topological polar surface area (TPSA) is 68.5 Å². The molecule has 2 aromatic rings. The Morgan fingerprint density at radius 1 is 1.21 bits per heavy atom. The molecule has 0 saturated heterocycles. The Kier molecular flexibility index (Phi) is 4.88. The van der Waals surface area contributed by atoms with Crippen molar-refractivity contribution in [3.05, 3.63) is 58.1 Å². The quantitative estimate of drug-likeness (QED) is 0.794. The summed E-state index contributed by atoms with van der Waals surface area (Å²) < 4.78 is 16.4. The summed E-state index contributed by atoms with van der Waals surface area (Å²) in [5, 5.41) is 9.09. The molecule has 1 heterocycles. The smallest absolute Gasteiger partial charge is 0.338 e. The maximum atomic E-state index is 12.2. The van der Waals surface area contributed by atoms with Gasteiger partial charge >= 0.3 is 5.97 Å². The van der Waals surface area contributed by atoms with Gasteiger partial charge in [-0.15, -0.1) is 0 Å². The van der Waals surface area contributed by atoms with Gasteiger partial charge in [0.2, 0.25) is 0 Å². The van der Waals surface area contributed by atoms with Crippen molar-refractivity contribution in [2.24, 2.45) is 0 Å². The molecule has 0 radical (unpaired) electrons. The van der Waals surface area contributed by atoms with Crippen LogP contribution in [0.15, 0.2) is 36.4 Å². The number of esters is 1. The first kappa shape index (κ1) is 16.2. The fourth-order valence-electron chi connectivity index (χ4n) is 2.26. The number of ether oxygens (including phenoxy) is 3. The zero-order valence-corrected chi connectivity index (χ0v) is 13.5. The van der Waals surface area contributed by atoms with Gasteiger partial charge in [-0.25, -0.2) is 4.79 Å². The Morgan fingerprint density at radius 3 is 2.71 bits per heavy atom. The molecule has 5 nitrogen and oxygen atoms in total. The van der Waals surface area contributed by atoms with Crippen molar-refractivity contribution in [1.29, 1.82) is 5.26 Å². The number of carbonyl (C=O) groups is 1. The number of hydrogen-bond acceptors (Lipinski definition) is 5. The fraction of sp³-hybridized carbons (Fsp3) is 0.222. The molecule has 0 aliphatic carbocycles. The maximum absolute atomic E-state index is 12.2. The van der Waals surface area contributed by atoms with E-state index in [0.717, 1.165) is 12.0 Å². The minimum atomic E-state index is -0.503. The van der Waals surface area contributed by atoms with Crippen LogP contribution in [0.3, 0.4) is 0 Å². The van der Waals surface area contributed by atoms with Gasteiger partial charge in [-0.2, -0.15) is 5.26 Å². The molecular weight excluding hydrogens is 330 g/mol. The standard InChI is InChI=1S/C18H14ClNO4/c19-15-8-14(9-16-17(15)23-7-1-6-22-16)18(21)24-11-13-4-2-12(10-20)3-5-13/h2-5,8-9H,1,6-7,11H2.